The molecule has 0 amide bonds. The summed E-state index contributed by atoms with van der Waals surface area (Å²) in [6.07, 6.45) is 1.21. The third kappa shape index (κ3) is 4.15. The molecule has 0 aromatic carbocycles. The Balaban J connectivity index is 2.69. The zero-order valence-electron chi connectivity index (χ0n) is 9.68. The number of carboxylic acids is 1. The second-order valence-corrected chi connectivity index (χ2v) is 6.40. The van der Waals surface area contributed by atoms with Crippen molar-refractivity contribution in [3.05, 3.63) is 22.8 Å². The van der Waals surface area contributed by atoms with Crippen LogP contribution in [0, 0.1) is 0 Å². The summed E-state index contributed by atoms with van der Waals surface area (Å²) < 4.78 is 22.5. The van der Waals surface area contributed by atoms with E-state index in [1.54, 1.807) is 6.92 Å². The van der Waals surface area contributed by atoms with Gasteiger partial charge in [-0.2, -0.15) is 0 Å². The largest absolute Gasteiger partial charge is 0.478 e. The minimum atomic E-state index is -3.06. The van der Waals surface area contributed by atoms with Gasteiger partial charge in [0.15, 0.2) is 9.84 Å². The quantitative estimate of drug-likeness (QED) is 0.820. The van der Waals surface area contributed by atoms with Crippen LogP contribution < -0.4 is 5.32 Å². The highest BCUT2D eigenvalue weighted by Gasteiger charge is 2.11. The van der Waals surface area contributed by atoms with Crippen LogP contribution in [0.4, 0.5) is 5.82 Å². The second kappa shape index (κ2) is 6.01. The number of aromatic nitrogens is 1. The number of sulfone groups is 1. The van der Waals surface area contributed by atoms with Gasteiger partial charge < -0.3 is 10.4 Å². The smallest absolute Gasteiger partial charge is 0.337 e. The van der Waals surface area contributed by atoms with Gasteiger partial charge in [-0.05, 0) is 6.07 Å². The van der Waals surface area contributed by atoms with Crippen LogP contribution in [0.3, 0.4) is 0 Å². The summed E-state index contributed by atoms with van der Waals surface area (Å²) in [4.78, 5) is 14.7. The summed E-state index contributed by atoms with van der Waals surface area (Å²) in [5.74, 6) is -0.839. The lowest BCUT2D eigenvalue weighted by atomic mass is 10.2. The number of carbonyl (C=O) groups is 1. The molecule has 8 heteroatoms. The van der Waals surface area contributed by atoms with Crippen LogP contribution in [0.2, 0.25) is 5.02 Å². The van der Waals surface area contributed by atoms with E-state index in [1.165, 1.54) is 12.3 Å². The molecule has 0 radical (unpaired) electrons. The van der Waals surface area contributed by atoms with Gasteiger partial charge in [0.25, 0.3) is 0 Å². The van der Waals surface area contributed by atoms with Crippen LogP contribution >= 0.6 is 11.6 Å². The average molecular weight is 293 g/mol. The third-order valence-electron chi connectivity index (χ3n) is 2.24. The number of hydrogen-bond donors (Lipinski definition) is 2. The highest BCUT2D eigenvalue weighted by atomic mass is 35.5. The molecule has 0 fully saturated rings. The number of pyridine rings is 1. The maximum atomic E-state index is 11.2. The molecule has 0 unspecified atom stereocenters. The molecule has 0 spiro atoms. The Morgan fingerprint density at radius 1 is 1.56 bits per heavy atom. The first-order valence-electron chi connectivity index (χ1n) is 5.19. The lowest BCUT2D eigenvalue weighted by Crippen LogP contribution is -2.17. The van der Waals surface area contributed by atoms with Crippen molar-refractivity contribution in [3.8, 4) is 0 Å². The van der Waals surface area contributed by atoms with E-state index < -0.39 is 15.8 Å². The molecule has 0 bridgehead atoms. The Morgan fingerprint density at radius 3 is 2.78 bits per heavy atom. The Morgan fingerprint density at radius 2 is 2.22 bits per heavy atom. The molecule has 0 aliphatic heterocycles. The Kier molecular flexibility index (Phi) is 4.92. The average Bonchev–Trinajstić information content (AvgIpc) is 2.31. The fourth-order valence-electron chi connectivity index (χ4n) is 1.18. The fraction of sp³-hybridized carbons (Fsp3) is 0.400. The maximum absolute atomic E-state index is 11.2. The van der Waals surface area contributed by atoms with E-state index in [9.17, 15) is 13.2 Å². The molecule has 1 heterocycles. The molecule has 100 valence electrons. The standard InChI is InChI=1S/C10H13ClN2O4S/c1-2-18(16,17)4-3-12-9-5-7(10(14)15)8(11)6-13-9/h5-6H,2-4H2,1H3,(H,12,13)(H,14,15). The van der Waals surface area contributed by atoms with Crippen LogP contribution in [0.25, 0.3) is 0 Å². The van der Waals surface area contributed by atoms with Gasteiger partial charge in [-0.1, -0.05) is 18.5 Å². The summed E-state index contributed by atoms with van der Waals surface area (Å²) in [6.45, 7) is 1.74. The van der Waals surface area contributed by atoms with Crippen molar-refractivity contribution in [2.45, 2.75) is 6.92 Å². The van der Waals surface area contributed by atoms with E-state index in [0.717, 1.165) is 0 Å². The van der Waals surface area contributed by atoms with E-state index in [-0.39, 0.29) is 34.5 Å². The van der Waals surface area contributed by atoms with Gasteiger partial charge in [-0.15, -0.1) is 0 Å². The van der Waals surface area contributed by atoms with Crippen LogP contribution in [0.15, 0.2) is 12.3 Å². The van der Waals surface area contributed by atoms with Gasteiger partial charge in [-0.3, -0.25) is 0 Å². The van der Waals surface area contributed by atoms with Gasteiger partial charge in [0.1, 0.15) is 5.82 Å². The minimum absolute atomic E-state index is 0.0315. The number of nitrogens with zero attached hydrogens (tertiary/aromatic N) is 1. The number of anilines is 1. The number of rotatable bonds is 6. The third-order valence-corrected chi connectivity index (χ3v) is 4.25. The zero-order chi connectivity index (χ0) is 13.8. The number of halogens is 1. The van der Waals surface area contributed by atoms with Crippen LogP contribution in [0.5, 0.6) is 0 Å². The monoisotopic (exact) mass is 292 g/mol. The van der Waals surface area contributed by atoms with Crippen molar-refractivity contribution in [3.63, 3.8) is 0 Å². The molecule has 0 saturated heterocycles. The normalized spacial score (nSPS) is 11.2. The highest BCUT2D eigenvalue weighted by molar-refractivity contribution is 7.91. The number of hydrogen-bond acceptors (Lipinski definition) is 5. The second-order valence-electron chi connectivity index (χ2n) is 3.52. The zero-order valence-corrected chi connectivity index (χ0v) is 11.3. The maximum Gasteiger partial charge on any atom is 0.337 e. The minimum Gasteiger partial charge on any atom is -0.478 e. The molecule has 18 heavy (non-hydrogen) atoms. The van der Waals surface area contributed by atoms with E-state index in [0.29, 0.717) is 0 Å². The summed E-state index contributed by atoms with van der Waals surface area (Å²) in [5.41, 5.74) is -0.0764. The first kappa shape index (κ1) is 14.7. The van der Waals surface area contributed by atoms with Crippen molar-refractivity contribution in [1.29, 1.82) is 0 Å². The van der Waals surface area contributed by atoms with E-state index in [2.05, 4.69) is 10.3 Å². The molecule has 0 atom stereocenters. The molecule has 0 aliphatic carbocycles. The molecule has 1 aromatic rings. The van der Waals surface area contributed by atoms with Crippen LogP contribution in [0.1, 0.15) is 17.3 Å². The summed E-state index contributed by atoms with van der Waals surface area (Å²) >= 11 is 5.65. The Hall–Kier alpha value is -1.34. The molecule has 1 aromatic heterocycles. The molecular formula is C10H13ClN2O4S. The molecule has 0 aliphatic rings. The van der Waals surface area contributed by atoms with Gasteiger partial charge in [-0.25, -0.2) is 18.2 Å². The van der Waals surface area contributed by atoms with Gasteiger partial charge >= 0.3 is 5.97 Å². The molecule has 0 saturated carbocycles. The van der Waals surface area contributed by atoms with Crippen molar-refractivity contribution in [2.24, 2.45) is 0 Å². The van der Waals surface area contributed by atoms with Crippen molar-refractivity contribution >= 4 is 33.2 Å². The van der Waals surface area contributed by atoms with E-state index >= 15 is 0 Å². The van der Waals surface area contributed by atoms with Crippen molar-refractivity contribution < 1.29 is 18.3 Å². The van der Waals surface area contributed by atoms with Crippen molar-refractivity contribution in [1.82, 2.24) is 4.98 Å². The van der Waals surface area contributed by atoms with Crippen molar-refractivity contribution in [2.75, 3.05) is 23.4 Å². The number of nitrogens with one attached hydrogen (secondary N) is 1. The summed E-state index contributed by atoms with van der Waals surface area (Å²) in [7, 11) is -3.06. The lowest BCUT2D eigenvalue weighted by Gasteiger charge is -2.07. The lowest BCUT2D eigenvalue weighted by molar-refractivity contribution is 0.0697. The number of carboxylic acid groups (broad SMARTS) is 1. The highest BCUT2D eigenvalue weighted by Crippen LogP contribution is 2.17. The molecule has 6 nitrogen and oxygen atoms in total. The molecule has 2 N–H and O–H groups in total. The Bertz CT molecular complexity index is 545. The number of aromatic carboxylic acids is 1. The molecular weight excluding hydrogens is 280 g/mol. The predicted molar refractivity (Wildman–Crippen MR) is 69.0 cm³/mol. The van der Waals surface area contributed by atoms with Gasteiger partial charge in [0, 0.05) is 18.5 Å². The SMILES string of the molecule is CCS(=O)(=O)CCNc1cc(C(=O)O)c(Cl)cn1. The van der Waals surface area contributed by atoms with Crippen LogP contribution in [-0.2, 0) is 9.84 Å². The topological polar surface area (TPSA) is 96.4 Å². The van der Waals surface area contributed by atoms with E-state index in [4.69, 9.17) is 16.7 Å². The van der Waals surface area contributed by atoms with Gasteiger partial charge in [0.05, 0.1) is 16.3 Å². The summed E-state index contributed by atoms with van der Waals surface area (Å²) in [5, 5.41) is 11.6. The van der Waals surface area contributed by atoms with Gasteiger partial charge in [0.2, 0.25) is 0 Å². The summed E-state index contributed by atoms with van der Waals surface area (Å²) in [6, 6.07) is 1.27. The first-order chi connectivity index (χ1) is 8.35. The Labute approximate surface area is 110 Å². The fourth-order valence-corrected chi connectivity index (χ4v) is 2.06. The predicted octanol–water partition coefficient (Wildman–Crippen LogP) is 1.28. The first-order valence-corrected chi connectivity index (χ1v) is 7.39. The van der Waals surface area contributed by atoms with Crippen LogP contribution in [-0.4, -0.2) is 42.5 Å². The van der Waals surface area contributed by atoms with E-state index in [1.807, 2.05) is 0 Å². The molecule has 1 rings (SSSR count).